The van der Waals surface area contributed by atoms with Gasteiger partial charge in [-0.2, -0.15) is 5.26 Å². The van der Waals surface area contributed by atoms with Crippen LogP contribution in [0.4, 0.5) is 9.59 Å². The van der Waals surface area contributed by atoms with Crippen LogP contribution in [0.3, 0.4) is 0 Å². The highest BCUT2D eigenvalue weighted by atomic mass is 32.7. The molecule has 1 unspecified atom stereocenters. The smallest absolute Gasteiger partial charge is 0.410 e. The molecule has 0 N–H and O–H groups in total. The quantitative estimate of drug-likeness (QED) is 0.120. The lowest BCUT2D eigenvalue weighted by atomic mass is 9.90. The Hall–Kier alpha value is -1.78. The monoisotopic (exact) mass is 695 g/mol. The van der Waals surface area contributed by atoms with E-state index in [9.17, 15) is 23.7 Å². The zero-order chi connectivity index (χ0) is 35.4. The number of carbonyl (C=O) groups is 4. The maximum atomic E-state index is 13.9. The van der Waals surface area contributed by atoms with Gasteiger partial charge in [0, 0.05) is 49.7 Å². The first-order valence-corrected chi connectivity index (χ1v) is 18.8. The number of carbonyl (C=O) groups excluding carboxylic acids is 4. The molecule has 0 radical (unpaired) electrons. The van der Waals surface area contributed by atoms with Crippen molar-refractivity contribution in [2.75, 3.05) is 51.9 Å². The number of hydrogen-bond donors (Lipinski definition) is 0. The number of nitrogens with zero attached hydrogens (tertiary/aromatic N) is 3. The minimum Gasteiger partial charge on any atom is -0.444 e. The average Bonchev–Trinajstić information content (AvgIpc) is 2.86. The fraction of sp³-hybridized carbons (Fsp3) is 0.833. The van der Waals surface area contributed by atoms with Gasteiger partial charge in [0.15, 0.2) is 10.9 Å². The van der Waals surface area contributed by atoms with Gasteiger partial charge < -0.3 is 19.3 Å². The molecule has 15 heteroatoms. The van der Waals surface area contributed by atoms with E-state index in [-0.39, 0.29) is 55.1 Å². The van der Waals surface area contributed by atoms with Crippen LogP contribution in [0.1, 0.15) is 82.6 Å². The van der Waals surface area contributed by atoms with Gasteiger partial charge in [-0.25, -0.2) is 14.2 Å². The van der Waals surface area contributed by atoms with Crippen LogP contribution in [0.2, 0.25) is 0 Å². The van der Waals surface area contributed by atoms with Crippen LogP contribution in [0.25, 0.3) is 0 Å². The molecule has 1 atom stereocenters. The molecule has 2 amide bonds. The molecular formula is C30H54N3O9PS2. The summed E-state index contributed by atoms with van der Waals surface area (Å²) in [5, 5.41) is 8.88. The second-order valence-corrected chi connectivity index (χ2v) is 19.5. The Bertz CT molecular complexity index is 1070. The molecule has 0 aromatic rings. The number of amides is 2. The number of rotatable bonds is 16. The highest BCUT2D eigenvalue weighted by Crippen LogP contribution is 2.61. The van der Waals surface area contributed by atoms with Gasteiger partial charge in [0.2, 0.25) is 0 Å². The number of ketones is 1. The number of nitriles is 1. The van der Waals surface area contributed by atoms with E-state index in [2.05, 4.69) is 0 Å². The summed E-state index contributed by atoms with van der Waals surface area (Å²) in [5.41, 5.74) is -3.13. The molecule has 0 aliphatic heterocycles. The first kappa shape index (κ1) is 43.2. The molecule has 0 fully saturated rings. The third-order valence-corrected chi connectivity index (χ3v) is 10.9. The van der Waals surface area contributed by atoms with Gasteiger partial charge in [-0.1, -0.05) is 46.4 Å². The van der Waals surface area contributed by atoms with Crippen molar-refractivity contribution in [3.8, 4) is 6.07 Å². The number of ether oxygens (including phenoxy) is 2. The zero-order valence-corrected chi connectivity index (χ0v) is 31.8. The molecule has 45 heavy (non-hydrogen) atoms. The Morgan fingerprint density at radius 2 is 1.29 bits per heavy atom. The topological polar surface area (TPSA) is 153 Å². The normalized spacial score (nSPS) is 13.9. The summed E-state index contributed by atoms with van der Waals surface area (Å²) in [7, 11) is 3.13. The third kappa shape index (κ3) is 18.8. The van der Waals surface area contributed by atoms with Crippen molar-refractivity contribution >= 4 is 53.0 Å². The Morgan fingerprint density at radius 1 is 0.822 bits per heavy atom. The summed E-state index contributed by atoms with van der Waals surface area (Å²) in [6.45, 7) is 15.0. The highest BCUT2D eigenvalue weighted by molar-refractivity contribution is 8.55. The molecule has 12 nitrogen and oxygen atoms in total. The van der Waals surface area contributed by atoms with Crippen LogP contribution >= 0.6 is 29.9 Å². The number of hydrogen-bond acceptors (Lipinski definition) is 12. The summed E-state index contributed by atoms with van der Waals surface area (Å²) in [4.78, 5) is 53.4. The van der Waals surface area contributed by atoms with Gasteiger partial charge in [-0.05, 0) is 52.9 Å². The number of thioether (sulfide) groups is 1. The molecule has 0 bridgehead atoms. The SMILES string of the molecule is CN(CC(CSP(=O)(OCCC#N)OCC(C)(C)C(=O)CSC(=O)C(C)(C)C)CN(C)C(=O)OC(C)(C)C)C(=O)OC(C)(C)C. The molecular weight excluding hydrogens is 641 g/mol. The molecule has 0 aliphatic rings. The van der Waals surface area contributed by atoms with Crippen molar-refractivity contribution < 1.29 is 42.3 Å². The minimum atomic E-state index is -3.93. The lowest BCUT2D eigenvalue weighted by molar-refractivity contribution is -0.126. The Morgan fingerprint density at radius 3 is 1.69 bits per heavy atom. The summed E-state index contributed by atoms with van der Waals surface area (Å²) in [6.07, 6.45) is -1.16. The minimum absolute atomic E-state index is 0.0337. The number of Topliss-reactive ketones (excluding diaryl/α,β-unsaturated/α-hetero) is 1. The maximum Gasteiger partial charge on any atom is 0.410 e. The van der Waals surface area contributed by atoms with E-state index in [1.54, 1.807) is 90.3 Å². The van der Waals surface area contributed by atoms with Crippen molar-refractivity contribution in [1.82, 2.24) is 9.80 Å². The predicted octanol–water partition coefficient (Wildman–Crippen LogP) is 7.03. The van der Waals surface area contributed by atoms with E-state index >= 15 is 0 Å². The standard InChI is InChI=1S/C30H54N3O9PS2/c1-27(2,3)24(35)44-20-23(34)30(10,11)21-40-43(38,39-16-14-15-31)45-19-22(17-32(12)25(36)41-28(4,5)6)18-33(13)26(37)42-29(7,8)9/h22H,14,16-21H2,1-13H3. The van der Waals surface area contributed by atoms with Crippen molar-refractivity contribution in [1.29, 1.82) is 5.26 Å². The molecule has 0 aromatic carbocycles. The molecule has 0 aliphatic carbocycles. The Kier molecular flexibility index (Phi) is 17.2. The van der Waals surface area contributed by atoms with Gasteiger partial charge in [0.25, 0.3) is 0 Å². The zero-order valence-electron chi connectivity index (χ0n) is 29.3. The maximum absolute atomic E-state index is 13.9. The molecule has 0 saturated heterocycles. The molecule has 0 spiro atoms. The van der Waals surface area contributed by atoms with Crippen molar-refractivity contribution in [3.63, 3.8) is 0 Å². The Balaban J connectivity index is 5.88. The summed E-state index contributed by atoms with van der Waals surface area (Å²) >= 11 is 1.80. The van der Waals surface area contributed by atoms with E-state index in [1.165, 1.54) is 9.80 Å². The highest BCUT2D eigenvalue weighted by Gasteiger charge is 2.36. The van der Waals surface area contributed by atoms with Crippen LogP contribution in [0.5, 0.6) is 0 Å². The Labute approximate surface area is 278 Å². The van der Waals surface area contributed by atoms with Crippen LogP contribution < -0.4 is 0 Å². The van der Waals surface area contributed by atoms with Gasteiger partial charge >= 0.3 is 19.0 Å². The first-order valence-electron chi connectivity index (χ1n) is 14.7. The van der Waals surface area contributed by atoms with Gasteiger partial charge in [-0.3, -0.25) is 18.6 Å². The second-order valence-electron chi connectivity index (χ2n) is 14.5. The fourth-order valence-corrected chi connectivity index (χ4v) is 7.86. The van der Waals surface area contributed by atoms with Gasteiger partial charge in [0.05, 0.1) is 31.5 Å². The average molecular weight is 696 g/mol. The predicted molar refractivity (Wildman–Crippen MR) is 179 cm³/mol. The van der Waals surface area contributed by atoms with Crippen molar-refractivity contribution in [2.24, 2.45) is 16.7 Å². The lowest BCUT2D eigenvalue weighted by Gasteiger charge is -2.31. The van der Waals surface area contributed by atoms with Crippen molar-refractivity contribution in [3.05, 3.63) is 0 Å². The summed E-state index contributed by atoms with van der Waals surface area (Å²) in [5.74, 6) is -0.630. The summed E-state index contributed by atoms with van der Waals surface area (Å²) in [6, 6.07) is 1.93. The first-order chi connectivity index (χ1) is 20.2. The molecule has 0 heterocycles. The second kappa shape index (κ2) is 17.9. The summed E-state index contributed by atoms with van der Waals surface area (Å²) < 4.78 is 36.2. The van der Waals surface area contributed by atoms with E-state index < -0.39 is 46.9 Å². The fourth-order valence-electron chi connectivity index (χ4n) is 3.14. The van der Waals surface area contributed by atoms with Gasteiger partial charge in [-0.15, -0.1) is 0 Å². The van der Waals surface area contributed by atoms with E-state index in [1.807, 2.05) is 6.07 Å². The molecule has 260 valence electrons. The van der Waals surface area contributed by atoms with E-state index in [4.69, 9.17) is 23.8 Å². The lowest BCUT2D eigenvalue weighted by Crippen LogP contribution is -2.42. The molecule has 0 rings (SSSR count). The molecule has 0 saturated carbocycles. The van der Waals surface area contributed by atoms with Crippen LogP contribution in [0.15, 0.2) is 0 Å². The molecule has 0 aromatic heterocycles. The van der Waals surface area contributed by atoms with Crippen LogP contribution in [-0.2, 0) is 32.7 Å². The van der Waals surface area contributed by atoms with E-state index in [0.29, 0.717) is 0 Å². The third-order valence-electron chi connectivity index (χ3n) is 5.69. The largest absolute Gasteiger partial charge is 0.444 e. The van der Waals surface area contributed by atoms with Crippen molar-refractivity contribution in [2.45, 2.75) is 93.8 Å². The van der Waals surface area contributed by atoms with Crippen LogP contribution in [-0.4, -0.2) is 96.0 Å². The van der Waals surface area contributed by atoms with E-state index in [0.717, 1.165) is 23.1 Å². The van der Waals surface area contributed by atoms with Gasteiger partial charge in [0.1, 0.15) is 11.2 Å². The van der Waals surface area contributed by atoms with Crippen LogP contribution in [0, 0.1) is 28.1 Å².